The van der Waals surface area contributed by atoms with E-state index in [0.717, 1.165) is 55.3 Å². The molecule has 1 aromatic heterocycles. The molecule has 1 saturated heterocycles. The van der Waals surface area contributed by atoms with Gasteiger partial charge in [0.1, 0.15) is 0 Å². The fourth-order valence-electron chi connectivity index (χ4n) is 3.69. The van der Waals surface area contributed by atoms with Crippen LogP contribution in [0.1, 0.15) is 16.9 Å². The Morgan fingerprint density at radius 3 is 2.42 bits per heavy atom. The predicted octanol–water partition coefficient (Wildman–Crippen LogP) is 4.79. The zero-order valence-electron chi connectivity index (χ0n) is 17.6. The van der Waals surface area contributed by atoms with Gasteiger partial charge in [-0.15, -0.1) is 11.3 Å². The second-order valence-electron chi connectivity index (χ2n) is 7.58. The van der Waals surface area contributed by atoms with Crippen LogP contribution in [0.25, 0.3) is 22.8 Å². The van der Waals surface area contributed by atoms with Crippen LogP contribution in [0.5, 0.6) is 0 Å². The third kappa shape index (κ3) is 6.14. The number of amides is 1. The van der Waals surface area contributed by atoms with Crippen molar-refractivity contribution in [3.8, 4) is 11.1 Å². The van der Waals surface area contributed by atoms with Crippen LogP contribution in [0.15, 0.2) is 72.1 Å². The summed E-state index contributed by atoms with van der Waals surface area (Å²) in [6.45, 7) is 5.22. The number of carbonyl (C=O) groups excluding carboxylic acids is 1. The zero-order valence-corrected chi connectivity index (χ0v) is 18.4. The first-order valence-electron chi connectivity index (χ1n) is 10.8. The van der Waals surface area contributed by atoms with Crippen molar-refractivity contribution in [2.75, 3.05) is 39.4 Å². The van der Waals surface area contributed by atoms with Crippen LogP contribution >= 0.6 is 11.3 Å². The number of nitrogens with zero attached hydrogens (tertiary/aromatic N) is 1. The number of rotatable bonds is 8. The Morgan fingerprint density at radius 1 is 0.968 bits per heavy atom. The predicted molar refractivity (Wildman–Crippen MR) is 129 cm³/mol. The lowest BCUT2D eigenvalue weighted by molar-refractivity contribution is -0.115. The second kappa shape index (κ2) is 11.0. The van der Waals surface area contributed by atoms with E-state index in [9.17, 15) is 4.79 Å². The Morgan fingerprint density at radius 2 is 1.71 bits per heavy atom. The highest BCUT2D eigenvalue weighted by Crippen LogP contribution is 2.25. The first kappa shape index (κ1) is 21.5. The molecule has 31 heavy (non-hydrogen) atoms. The maximum absolute atomic E-state index is 13.1. The molecular formula is C26H28N2O2S. The molecule has 2 heterocycles. The number of thiophene rings is 1. The molecule has 0 spiro atoms. The molecule has 1 aliphatic heterocycles. The zero-order chi connectivity index (χ0) is 21.3. The van der Waals surface area contributed by atoms with E-state index in [0.29, 0.717) is 12.1 Å². The lowest BCUT2D eigenvalue weighted by Crippen LogP contribution is -2.38. The van der Waals surface area contributed by atoms with Gasteiger partial charge in [-0.25, -0.2) is 0 Å². The van der Waals surface area contributed by atoms with Gasteiger partial charge in [0.05, 0.1) is 13.2 Å². The van der Waals surface area contributed by atoms with Crippen molar-refractivity contribution in [1.29, 1.82) is 0 Å². The molecular weight excluding hydrogens is 404 g/mol. The Hall–Kier alpha value is -2.73. The molecule has 0 radical (unpaired) electrons. The average molecular weight is 433 g/mol. The number of hydrogen-bond donors (Lipinski definition) is 1. The van der Waals surface area contributed by atoms with Gasteiger partial charge in [0.2, 0.25) is 0 Å². The molecule has 4 nitrogen and oxygen atoms in total. The second-order valence-corrected chi connectivity index (χ2v) is 8.56. The molecule has 2 aromatic carbocycles. The van der Waals surface area contributed by atoms with Crippen LogP contribution in [-0.4, -0.2) is 50.2 Å². The number of nitrogens with one attached hydrogen (secondary N) is 1. The van der Waals surface area contributed by atoms with E-state index in [1.807, 2.05) is 53.9 Å². The van der Waals surface area contributed by atoms with Gasteiger partial charge in [0, 0.05) is 30.1 Å². The first-order chi connectivity index (χ1) is 15.3. The molecule has 160 valence electrons. The van der Waals surface area contributed by atoms with Gasteiger partial charge in [0.25, 0.3) is 5.91 Å². The summed E-state index contributed by atoms with van der Waals surface area (Å²) in [5, 5.41) is 5.15. The van der Waals surface area contributed by atoms with Crippen molar-refractivity contribution < 1.29 is 9.53 Å². The molecule has 1 aliphatic rings. The largest absolute Gasteiger partial charge is 0.379 e. The number of hydrogen-bond acceptors (Lipinski definition) is 4. The van der Waals surface area contributed by atoms with E-state index >= 15 is 0 Å². The Kier molecular flexibility index (Phi) is 7.66. The van der Waals surface area contributed by atoms with Crippen LogP contribution in [-0.2, 0) is 9.53 Å². The van der Waals surface area contributed by atoms with E-state index in [2.05, 4.69) is 34.5 Å². The van der Waals surface area contributed by atoms with Gasteiger partial charge in [-0.05, 0) is 47.2 Å². The van der Waals surface area contributed by atoms with Crippen molar-refractivity contribution in [2.24, 2.45) is 0 Å². The standard InChI is InChI=1S/C26H28N2O2S/c29-26(27-13-5-14-28-15-17-30-18-16-28)25(20-24-8-4-19-31-24)23-11-9-22(10-12-23)21-6-2-1-3-7-21/h1-4,6-12,19-20H,5,13-18H2,(H,27,29). The van der Waals surface area contributed by atoms with Gasteiger partial charge in [-0.1, -0.05) is 60.7 Å². The maximum Gasteiger partial charge on any atom is 0.251 e. The van der Waals surface area contributed by atoms with Crippen molar-refractivity contribution in [2.45, 2.75) is 6.42 Å². The molecule has 0 aliphatic carbocycles. The van der Waals surface area contributed by atoms with Gasteiger partial charge < -0.3 is 10.1 Å². The SMILES string of the molecule is O=C(NCCCN1CCOCC1)C(=Cc1cccs1)c1ccc(-c2ccccc2)cc1. The third-order valence-electron chi connectivity index (χ3n) is 5.42. The summed E-state index contributed by atoms with van der Waals surface area (Å²) in [7, 11) is 0. The molecule has 5 heteroatoms. The minimum Gasteiger partial charge on any atom is -0.379 e. The molecule has 1 amide bonds. The Labute approximate surface area is 188 Å². The molecule has 3 aromatic rings. The van der Waals surface area contributed by atoms with Crippen molar-refractivity contribution >= 4 is 28.9 Å². The topological polar surface area (TPSA) is 41.6 Å². The minimum atomic E-state index is -0.0251. The number of morpholine rings is 1. The maximum atomic E-state index is 13.1. The molecule has 4 rings (SSSR count). The summed E-state index contributed by atoms with van der Waals surface area (Å²) in [6, 6.07) is 22.6. The van der Waals surface area contributed by atoms with Crippen LogP contribution in [0.3, 0.4) is 0 Å². The molecule has 0 unspecified atom stereocenters. The molecule has 0 saturated carbocycles. The lowest BCUT2D eigenvalue weighted by atomic mass is 9.99. The van der Waals surface area contributed by atoms with Crippen LogP contribution in [0.2, 0.25) is 0 Å². The quantitative estimate of drug-likeness (QED) is 0.411. The van der Waals surface area contributed by atoms with Crippen molar-refractivity contribution in [1.82, 2.24) is 10.2 Å². The average Bonchev–Trinajstić information content (AvgIpc) is 3.35. The van der Waals surface area contributed by atoms with Gasteiger partial charge in [0.15, 0.2) is 0 Å². The van der Waals surface area contributed by atoms with Crippen molar-refractivity contribution in [3.63, 3.8) is 0 Å². The van der Waals surface area contributed by atoms with E-state index in [4.69, 9.17) is 4.74 Å². The smallest absolute Gasteiger partial charge is 0.251 e. The van der Waals surface area contributed by atoms with Gasteiger partial charge >= 0.3 is 0 Å². The summed E-state index contributed by atoms with van der Waals surface area (Å²) in [6.07, 6.45) is 2.92. The normalized spacial score (nSPS) is 15.0. The van der Waals surface area contributed by atoms with Crippen molar-refractivity contribution in [3.05, 3.63) is 82.6 Å². The van der Waals surface area contributed by atoms with Crippen LogP contribution in [0, 0.1) is 0 Å². The van der Waals surface area contributed by atoms with E-state index in [-0.39, 0.29) is 5.91 Å². The molecule has 1 fully saturated rings. The van der Waals surface area contributed by atoms with Gasteiger partial charge in [-0.2, -0.15) is 0 Å². The summed E-state index contributed by atoms with van der Waals surface area (Å²) >= 11 is 1.64. The fourth-order valence-corrected chi connectivity index (χ4v) is 4.35. The van der Waals surface area contributed by atoms with E-state index in [1.165, 1.54) is 5.56 Å². The monoisotopic (exact) mass is 432 g/mol. The minimum absolute atomic E-state index is 0.0251. The highest BCUT2D eigenvalue weighted by atomic mass is 32.1. The first-order valence-corrected chi connectivity index (χ1v) is 11.7. The van der Waals surface area contributed by atoms with E-state index < -0.39 is 0 Å². The fraction of sp³-hybridized carbons (Fsp3) is 0.269. The summed E-state index contributed by atoms with van der Waals surface area (Å²) < 4.78 is 5.39. The third-order valence-corrected chi connectivity index (χ3v) is 6.24. The number of benzene rings is 2. The van der Waals surface area contributed by atoms with E-state index in [1.54, 1.807) is 11.3 Å². The van der Waals surface area contributed by atoms with Gasteiger partial charge in [-0.3, -0.25) is 9.69 Å². The molecule has 0 bridgehead atoms. The van der Waals surface area contributed by atoms with Crippen LogP contribution < -0.4 is 5.32 Å². The summed E-state index contributed by atoms with van der Waals surface area (Å²) in [5.74, 6) is -0.0251. The highest BCUT2D eigenvalue weighted by Gasteiger charge is 2.14. The molecule has 1 N–H and O–H groups in total. The lowest BCUT2D eigenvalue weighted by Gasteiger charge is -2.26. The van der Waals surface area contributed by atoms with Crippen LogP contribution in [0.4, 0.5) is 0 Å². The summed E-state index contributed by atoms with van der Waals surface area (Å²) in [4.78, 5) is 16.5. The summed E-state index contributed by atoms with van der Waals surface area (Å²) in [5.41, 5.74) is 3.95. The molecule has 0 atom stereocenters. The Bertz CT molecular complexity index is 976. The number of carbonyl (C=O) groups is 1. The highest BCUT2D eigenvalue weighted by molar-refractivity contribution is 7.11. The number of ether oxygens (including phenoxy) is 1. The Balaban J connectivity index is 1.43.